The first-order valence-corrected chi connectivity index (χ1v) is 4.25. The summed E-state index contributed by atoms with van der Waals surface area (Å²) in [6.45, 7) is 10.9. The summed E-state index contributed by atoms with van der Waals surface area (Å²) in [5.74, 6) is 0. The second-order valence-corrected chi connectivity index (χ2v) is 4.73. The lowest BCUT2D eigenvalue weighted by atomic mass is 9.96. The molecule has 2 N–H and O–H groups in total. The molecule has 0 spiro atoms. The number of nitrogens with zero attached hydrogens (tertiary/aromatic N) is 1. The third kappa shape index (κ3) is 7.82. The van der Waals surface area contributed by atoms with Gasteiger partial charge in [0.2, 0.25) is 0 Å². The van der Waals surface area contributed by atoms with Gasteiger partial charge in [-0.05, 0) is 19.4 Å². The summed E-state index contributed by atoms with van der Waals surface area (Å²) in [6.07, 6.45) is 0. The second kappa shape index (κ2) is 4.07. The summed E-state index contributed by atoms with van der Waals surface area (Å²) >= 11 is 0. The van der Waals surface area contributed by atoms with E-state index in [0.717, 1.165) is 13.1 Å². The summed E-state index contributed by atoms with van der Waals surface area (Å²) in [5.41, 5.74) is 6.05. The molecule has 0 fully saturated rings. The van der Waals surface area contributed by atoms with Crippen LogP contribution in [0.1, 0.15) is 27.7 Å². The number of likely N-dealkylation sites (N-methyl/N-ethyl adjacent to an activating group) is 1. The molecular formula is C9H22N2. The Morgan fingerprint density at radius 1 is 1.36 bits per heavy atom. The van der Waals surface area contributed by atoms with Gasteiger partial charge in [-0.2, -0.15) is 0 Å². The van der Waals surface area contributed by atoms with Crippen LogP contribution in [0.5, 0.6) is 0 Å². The molecule has 0 aliphatic rings. The maximum Gasteiger partial charge on any atom is 0.0139 e. The molecule has 0 aromatic heterocycles. The van der Waals surface area contributed by atoms with Gasteiger partial charge in [-0.3, -0.25) is 0 Å². The van der Waals surface area contributed by atoms with Crippen LogP contribution in [0.4, 0.5) is 0 Å². The molecule has 0 aliphatic carbocycles. The fourth-order valence-electron chi connectivity index (χ4n) is 1.37. The number of hydrogen-bond donors (Lipinski definition) is 1. The van der Waals surface area contributed by atoms with E-state index in [2.05, 4.69) is 32.7 Å². The molecule has 0 aromatic rings. The monoisotopic (exact) mass is 158 g/mol. The van der Waals surface area contributed by atoms with E-state index in [1.165, 1.54) is 0 Å². The van der Waals surface area contributed by atoms with Crippen molar-refractivity contribution in [3.8, 4) is 0 Å². The average Bonchev–Trinajstić information content (AvgIpc) is 1.53. The third-order valence-corrected chi connectivity index (χ3v) is 1.34. The fraction of sp³-hybridized carbons (Fsp3) is 1.00. The van der Waals surface area contributed by atoms with Gasteiger partial charge in [0.1, 0.15) is 0 Å². The summed E-state index contributed by atoms with van der Waals surface area (Å²) < 4.78 is 0. The van der Waals surface area contributed by atoms with Crippen LogP contribution >= 0.6 is 0 Å². The Balaban J connectivity index is 3.61. The van der Waals surface area contributed by atoms with Gasteiger partial charge < -0.3 is 10.6 Å². The zero-order valence-corrected chi connectivity index (χ0v) is 8.52. The van der Waals surface area contributed by atoms with Crippen LogP contribution in [0.15, 0.2) is 0 Å². The van der Waals surface area contributed by atoms with Crippen molar-refractivity contribution >= 4 is 0 Å². The molecule has 0 aliphatic heterocycles. The Labute approximate surface area is 70.8 Å². The molecule has 0 unspecified atom stereocenters. The van der Waals surface area contributed by atoms with E-state index in [1.54, 1.807) is 0 Å². The minimum Gasteiger partial charge on any atom is -0.327 e. The standard InChI is InChI=1S/C9H22N2/c1-8(10)6-11(5)7-9(2,3)4/h8H,6-7,10H2,1-5H3/t8-/m0/s1. The van der Waals surface area contributed by atoms with E-state index in [4.69, 9.17) is 5.73 Å². The Morgan fingerprint density at radius 2 is 1.82 bits per heavy atom. The van der Waals surface area contributed by atoms with Crippen molar-refractivity contribution in [3.05, 3.63) is 0 Å². The second-order valence-electron chi connectivity index (χ2n) is 4.73. The summed E-state index contributed by atoms with van der Waals surface area (Å²) in [7, 11) is 2.12. The topological polar surface area (TPSA) is 29.3 Å². The average molecular weight is 158 g/mol. The molecule has 0 saturated heterocycles. The molecule has 0 amide bonds. The van der Waals surface area contributed by atoms with E-state index in [1.807, 2.05) is 6.92 Å². The van der Waals surface area contributed by atoms with E-state index in [-0.39, 0.29) is 6.04 Å². The van der Waals surface area contributed by atoms with Gasteiger partial charge in [0.25, 0.3) is 0 Å². The molecule has 2 heteroatoms. The first kappa shape index (κ1) is 10.9. The highest BCUT2D eigenvalue weighted by molar-refractivity contribution is 4.68. The van der Waals surface area contributed by atoms with E-state index in [9.17, 15) is 0 Å². The van der Waals surface area contributed by atoms with Crippen molar-refractivity contribution in [2.24, 2.45) is 11.1 Å². The van der Waals surface area contributed by atoms with Crippen LogP contribution < -0.4 is 5.73 Å². The van der Waals surface area contributed by atoms with Crippen LogP contribution in [0.25, 0.3) is 0 Å². The first-order valence-electron chi connectivity index (χ1n) is 4.25. The molecule has 1 atom stereocenters. The first-order chi connectivity index (χ1) is 4.81. The van der Waals surface area contributed by atoms with Crippen LogP contribution in [0.3, 0.4) is 0 Å². The Hall–Kier alpha value is -0.0800. The highest BCUT2D eigenvalue weighted by Crippen LogP contribution is 2.13. The summed E-state index contributed by atoms with van der Waals surface area (Å²) in [4.78, 5) is 2.28. The number of hydrogen-bond acceptors (Lipinski definition) is 2. The zero-order chi connectivity index (χ0) is 9.07. The molecule has 11 heavy (non-hydrogen) atoms. The van der Waals surface area contributed by atoms with Crippen LogP contribution in [-0.2, 0) is 0 Å². The van der Waals surface area contributed by atoms with E-state index < -0.39 is 0 Å². The van der Waals surface area contributed by atoms with Crippen molar-refractivity contribution in [3.63, 3.8) is 0 Å². The Bertz CT molecular complexity index is 103. The van der Waals surface area contributed by atoms with Gasteiger partial charge in [0.15, 0.2) is 0 Å². The maximum atomic E-state index is 5.67. The van der Waals surface area contributed by atoms with Crippen molar-refractivity contribution in [1.82, 2.24) is 4.90 Å². The molecule has 0 bridgehead atoms. The summed E-state index contributed by atoms with van der Waals surface area (Å²) in [6, 6.07) is 0.280. The minimum absolute atomic E-state index is 0.280. The molecular weight excluding hydrogens is 136 g/mol. The van der Waals surface area contributed by atoms with Crippen LogP contribution in [-0.4, -0.2) is 31.1 Å². The third-order valence-electron chi connectivity index (χ3n) is 1.34. The van der Waals surface area contributed by atoms with Crippen molar-refractivity contribution in [1.29, 1.82) is 0 Å². The number of rotatable bonds is 3. The lowest BCUT2D eigenvalue weighted by Gasteiger charge is -2.27. The Morgan fingerprint density at radius 3 is 2.09 bits per heavy atom. The van der Waals surface area contributed by atoms with Crippen LogP contribution in [0, 0.1) is 5.41 Å². The van der Waals surface area contributed by atoms with Gasteiger partial charge >= 0.3 is 0 Å². The minimum atomic E-state index is 0.280. The molecule has 0 saturated carbocycles. The van der Waals surface area contributed by atoms with E-state index >= 15 is 0 Å². The smallest absolute Gasteiger partial charge is 0.0139 e. The Kier molecular flexibility index (Phi) is 4.04. The quantitative estimate of drug-likeness (QED) is 0.671. The predicted molar refractivity (Wildman–Crippen MR) is 50.6 cm³/mol. The maximum absolute atomic E-state index is 5.67. The molecule has 0 aromatic carbocycles. The number of nitrogens with two attached hydrogens (primary N) is 1. The molecule has 0 rings (SSSR count). The molecule has 2 nitrogen and oxygen atoms in total. The normalized spacial score (nSPS) is 15.5. The van der Waals surface area contributed by atoms with Gasteiger partial charge in [-0.1, -0.05) is 20.8 Å². The van der Waals surface area contributed by atoms with Gasteiger partial charge in [0, 0.05) is 19.1 Å². The lowest BCUT2D eigenvalue weighted by Crippen LogP contribution is -2.37. The molecule has 68 valence electrons. The van der Waals surface area contributed by atoms with Gasteiger partial charge in [-0.25, -0.2) is 0 Å². The van der Waals surface area contributed by atoms with Crippen LogP contribution in [0.2, 0.25) is 0 Å². The highest BCUT2D eigenvalue weighted by atomic mass is 15.1. The lowest BCUT2D eigenvalue weighted by molar-refractivity contribution is 0.220. The summed E-state index contributed by atoms with van der Waals surface area (Å²) in [5, 5.41) is 0. The SMILES string of the molecule is C[C@H](N)CN(C)CC(C)(C)C. The molecule has 0 heterocycles. The van der Waals surface area contributed by atoms with Gasteiger partial charge in [0.05, 0.1) is 0 Å². The fourth-order valence-corrected chi connectivity index (χ4v) is 1.37. The zero-order valence-electron chi connectivity index (χ0n) is 8.52. The highest BCUT2D eigenvalue weighted by Gasteiger charge is 2.13. The predicted octanol–water partition coefficient (Wildman–Crippen LogP) is 1.31. The van der Waals surface area contributed by atoms with Crippen molar-refractivity contribution in [2.45, 2.75) is 33.7 Å². The van der Waals surface area contributed by atoms with Crippen molar-refractivity contribution in [2.75, 3.05) is 20.1 Å². The van der Waals surface area contributed by atoms with Crippen molar-refractivity contribution < 1.29 is 0 Å². The largest absolute Gasteiger partial charge is 0.327 e. The van der Waals surface area contributed by atoms with Gasteiger partial charge in [-0.15, -0.1) is 0 Å². The molecule has 0 radical (unpaired) electrons. The van der Waals surface area contributed by atoms with E-state index in [0.29, 0.717) is 5.41 Å².